The van der Waals surface area contributed by atoms with Crippen LogP contribution in [0.5, 0.6) is 0 Å². The molecule has 0 bridgehead atoms. The second-order valence-electron chi connectivity index (χ2n) is 7.18. The average molecular weight is 343 g/mol. The van der Waals surface area contributed by atoms with Crippen LogP contribution in [0.3, 0.4) is 0 Å². The first-order valence-electron chi connectivity index (χ1n) is 9.08. The number of nitrogens with one attached hydrogen (secondary N) is 1. The molecule has 1 aliphatic heterocycles. The molecule has 24 heavy (non-hydrogen) atoms. The molecule has 0 atom stereocenters. The molecular formula is C19H26N4S. The number of aryl methyl sites for hydroxylation is 1. The first-order valence-corrected chi connectivity index (χ1v) is 9.90. The second kappa shape index (κ2) is 6.71. The number of hydrogen-bond donors (Lipinski definition) is 1. The van der Waals surface area contributed by atoms with E-state index in [2.05, 4.69) is 39.5 Å². The van der Waals surface area contributed by atoms with Crippen LogP contribution in [0.2, 0.25) is 0 Å². The molecule has 1 aromatic carbocycles. The molecule has 2 aromatic rings. The third-order valence-electron chi connectivity index (χ3n) is 5.55. The number of hydrogen-bond acceptors (Lipinski definition) is 3. The van der Waals surface area contributed by atoms with Crippen molar-refractivity contribution in [2.24, 2.45) is 10.4 Å². The summed E-state index contributed by atoms with van der Waals surface area (Å²) in [5, 5.41) is 4.79. The van der Waals surface area contributed by atoms with Gasteiger partial charge >= 0.3 is 0 Å². The number of likely N-dealkylation sites (tertiary alicyclic amines) is 1. The number of rotatable bonds is 4. The molecule has 128 valence electrons. The standard InChI is InChI=1S/C19H26N4S/c1-20-18(23-13-11-19(14-23)9-5-10-19)21-12-4-8-17-22-15-6-2-3-7-16(15)24-17/h2-3,6-7H,4-5,8-14H2,1H3,(H,20,21). The molecule has 1 N–H and O–H groups in total. The predicted octanol–water partition coefficient (Wildman–Crippen LogP) is 3.68. The van der Waals surface area contributed by atoms with Gasteiger partial charge in [0, 0.05) is 33.1 Å². The smallest absolute Gasteiger partial charge is 0.193 e. The minimum atomic E-state index is 0.624. The molecule has 1 aromatic heterocycles. The Morgan fingerprint density at radius 3 is 2.92 bits per heavy atom. The fourth-order valence-electron chi connectivity index (χ4n) is 4.00. The maximum absolute atomic E-state index is 4.71. The van der Waals surface area contributed by atoms with E-state index in [1.165, 1.54) is 41.9 Å². The van der Waals surface area contributed by atoms with Crippen LogP contribution in [-0.2, 0) is 6.42 Å². The number of aromatic nitrogens is 1. The summed E-state index contributed by atoms with van der Waals surface area (Å²) in [6.45, 7) is 3.33. The maximum atomic E-state index is 4.71. The normalized spacial score (nSPS) is 19.9. The third kappa shape index (κ3) is 3.14. The van der Waals surface area contributed by atoms with Crippen molar-refractivity contribution in [3.63, 3.8) is 0 Å². The van der Waals surface area contributed by atoms with E-state index in [-0.39, 0.29) is 0 Å². The number of nitrogens with zero attached hydrogens (tertiary/aromatic N) is 3. The summed E-state index contributed by atoms with van der Waals surface area (Å²) >= 11 is 1.82. The topological polar surface area (TPSA) is 40.5 Å². The molecule has 5 heteroatoms. The number of thiazole rings is 1. The van der Waals surface area contributed by atoms with Crippen molar-refractivity contribution in [1.29, 1.82) is 0 Å². The molecule has 1 saturated heterocycles. The Kier molecular flexibility index (Phi) is 4.44. The highest BCUT2D eigenvalue weighted by atomic mass is 32.1. The summed E-state index contributed by atoms with van der Waals surface area (Å²) < 4.78 is 1.29. The quantitative estimate of drug-likeness (QED) is 0.523. The van der Waals surface area contributed by atoms with Gasteiger partial charge in [-0.2, -0.15) is 0 Å². The molecule has 2 aliphatic rings. The summed E-state index contributed by atoms with van der Waals surface area (Å²) in [6.07, 6.45) is 7.72. The van der Waals surface area contributed by atoms with Crippen molar-refractivity contribution >= 4 is 27.5 Å². The first kappa shape index (κ1) is 15.9. The summed E-state index contributed by atoms with van der Waals surface area (Å²) in [6, 6.07) is 8.39. The Balaban J connectivity index is 1.25. The largest absolute Gasteiger partial charge is 0.356 e. The van der Waals surface area contributed by atoms with Crippen LogP contribution in [0.4, 0.5) is 0 Å². The van der Waals surface area contributed by atoms with Crippen molar-refractivity contribution in [1.82, 2.24) is 15.2 Å². The monoisotopic (exact) mass is 342 g/mol. The van der Waals surface area contributed by atoms with Crippen molar-refractivity contribution < 1.29 is 0 Å². The number of benzene rings is 1. The van der Waals surface area contributed by atoms with E-state index in [0.29, 0.717) is 5.41 Å². The van der Waals surface area contributed by atoms with Gasteiger partial charge in [-0.1, -0.05) is 18.6 Å². The highest BCUT2D eigenvalue weighted by Crippen LogP contribution is 2.47. The van der Waals surface area contributed by atoms with Crippen molar-refractivity contribution in [3.8, 4) is 0 Å². The van der Waals surface area contributed by atoms with E-state index >= 15 is 0 Å². The molecular weight excluding hydrogens is 316 g/mol. The number of fused-ring (bicyclic) bond motifs is 1. The predicted molar refractivity (Wildman–Crippen MR) is 102 cm³/mol. The average Bonchev–Trinajstić information content (AvgIpc) is 3.18. The molecule has 2 fully saturated rings. The molecule has 1 aliphatic carbocycles. The van der Waals surface area contributed by atoms with Gasteiger partial charge < -0.3 is 10.2 Å². The Morgan fingerprint density at radius 1 is 1.33 bits per heavy atom. The SMILES string of the molecule is CN=C(NCCCc1nc2ccccc2s1)N1CCC2(CCC2)C1. The van der Waals surface area contributed by atoms with Gasteiger partial charge in [0.2, 0.25) is 0 Å². The van der Waals surface area contributed by atoms with E-state index in [0.717, 1.165) is 37.4 Å². The molecule has 4 nitrogen and oxygen atoms in total. The van der Waals surface area contributed by atoms with Gasteiger partial charge in [0.1, 0.15) is 0 Å². The Morgan fingerprint density at radius 2 is 2.21 bits per heavy atom. The Bertz CT molecular complexity index is 699. The fourth-order valence-corrected chi connectivity index (χ4v) is 5.01. The van der Waals surface area contributed by atoms with Crippen LogP contribution in [-0.4, -0.2) is 42.5 Å². The lowest BCUT2D eigenvalue weighted by Gasteiger charge is -2.38. The van der Waals surface area contributed by atoms with Crippen LogP contribution in [0.25, 0.3) is 10.2 Å². The fraction of sp³-hybridized carbons (Fsp3) is 0.579. The molecule has 2 heterocycles. The second-order valence-corrected chi connectivity index (χ2v) is 8.29. The van der Waals surface area contributed by atoms with Crippen LogP contribution < -0.4 is 5.32 Å². The van der Waals surface area contributed by atoms with Crippen LogP contribution in [0.15, 0.2) is 29.3 Å². The zero-order valence-electron chi connectivity index (χ0n) is 14.4. The lowest BCUT2D eigenvalue weighted by molar-refractivity contribution is 0.151. The molecule has 0 amide bonds. The van der Waals surface area contributed by atoms with Crippen LogP contribution in [0.1, 0.15) is 37.1 Å². The molecule has 1 saturated carbocycles. The summed E-state index contributed by atoms with van der Waals surface area (Å²) in [7, 11) is 1.90. The minimum absolute atomic E-state index is 0.624. The number of para-hydroxylation sites is 1. The van der Waals surface area contributed by atoms with Gasteiger partial charge in [-0.3, -0.25) is 4.99 Å². The van der Waals surface area contributed by atoms with E-state index in [4.69, 9.17) is 4.98 Å². The zero-order chi connectivity index (χ0) is 16.4. The first-order chi connectivity index (χ1) is 11.8. The Hall–Kier alpha value is -1.62. The van der Waals surface area contributed by atoms with Gasteiger partial charge in [-0.05, 0) is 43.2 Å². The summed E-state index contributed by atoms with van der Waals surface area (Å²) in [5.74, 6) is 1.09. The molecule has 1 spiro atoms. The van der Waals surface area contributed by atoms with E-state index in [1.807, 2.05) is 18.4 Å². The highest BCUT2D eigenvalue weighted by Gasteiger charge is 2.43. The zero-order valence-corrected chi connectivity index (χ0v) is 15.2. The Labute approximate surface area is 148 Å². The molecule has 0 radical (unpaired) electrons. The van der Waals surface area contributed by atoms with Crippen molar-refractivity contribution in [3.05, 3.63) is 29.3 Å². The van der Waals surface area contributed by atoms with E-state index < -0.39 is 0 Å². The van der Waals surface area contributed by atoms with Crippen LogP contribution >= 0.6 is 11.3 Å². The lowest BCUT2D eigenvalue weighted by atomic mass is 9.68. The number of aliphatic imine (C=N–C) groups is 1. The van der Waals surface area contributed by atoms with Crippen LogP contribution in [0, 0.1) is 5.41 Å². The maximum Gasteiger partial charge on any atom is 0.193 e. The minimum Gasteiger partial charge on any atom is -0.356 e. The van der Waals surface area contributed by atoms with Gasteiger partial charge in [0.15, 0.2) is 5.96 Å². The lowest BCUT2D eigenvalue weighted by Crippen LogP contribution is -2.42. The third-order valence-corrected chi connectivity index (χ3v) is 6.65. The van der Waals surface area contributed by atoms with Gasteiger partial charge in [0.05, 0.1) is 15.2 Å². The van der Waals surface area contributed by atoms with Gasteiger partial charge in [0.25, 0.3) is 0 Å². The molecule has 4 rings (SSSR count). The van der Waals surface area contributed by atoms with Crippen molar-refractivity contribution in [2.75, 3.05) is 26.7 Å². The van der Waals surface area contributed by atoms with Gasteiger partial charge in [-0.25, -0.2) is 4.98 Å². The van der Waals surface area contributed by atoms with E-state index in [1.54, 1.807) is 0 Å². The van der Waals surface area contributed by atoms with Crippen molar-refractivity contribution in [2.45, 2.75) is 38.5 Å². The van der Waals surface area contributed by atoms with E-state index in [9.17, 15) is 0 Å². The summed E-state index contributed by atoms with van der Waals surface area (Å²) in [5.41, 5.74) is 1.75. The summed E-state index contributed by atoms with van der Waals surface area (Å²) in [4.78, 5) is 11.7. The highest BCUT2D eigenvalue weighted by molar-refractivity contribution is 7.18. The number of guanidine groups is 1. The van der Waals surface area contributed by atoms with Gasteiger partial charge in [-0.15, -0.1) is 11.3 Å². The molecule has 0 unspecified atom stereocenters.